The topological polar surface area (TPSA) is 50.7 Å². The predicted molar refractivity (Wildman–Crippen MR) is 65.5 cm³/mol. The van der Waals surface area contributed by atoms with E-state index in [9.17, 15) is 0 Å². The summed E-state index contributed by atoms with van der Waals surface area (Å²) in [6, 6.07) is 7.79. The Morgan fingerprint density at radius 1 is 1.41 bits per heavy atom. The zero-order chi connectivity index (χ0) is 12.1. The molecule has 0 spiro atoms. The molecule has 1 aromatic rings. The predicted octanol–water partition coefficient (Wildman–Crippen LogP) is 1.19. The van der Waals surface area contributed by atoms with Crippen LogP contribution in [0.4, 0.5) is 0 Å². The smallest absolute Gasteiger partial charge is 0.161 e. The number of hydrogen-bond acceptors (Lipinski definition) is 4. The molecule has 1 aliphatic heterocycles. The van der Waals surface area contributed by atoms with Gasteiger partial charge in [-0.1, -0.05) is 19.1 Å². The maximum absolute atomic E-state index is 9.05. The van der Waals surface area contributed by atoms with Crippen molar-refractivity contribution in [2.24, 2.45) is 0 Å². The molecule has 1 heterocycles. The summed E-state index contributed by atoms with van der Waals surface area (Å²) in [5.41, 5.74) is 0. The second-order valence-corrected chi connectivity index (χ2v) is 4.09. The van der Waals surface area contributed by atoms with E-state index in [1.165, 1.54) is 0 Å². The molecule has 94 valence electrons. The van der Waals surface area contributed by atoms with Crippen LogP contribution in [-0.2, 0) is 0 Å². The maximum Gasteiger partial charge on any atom is 0.161 e. The van der Waals surface area contributed by atoms with Crippen LogP contribution in [0.3, 0.4) is 0 Å². The summed E-state index contributed by atoms with van der Waals surface area (Å²) >= 11 is 0. The average molecular weight is 237 g/mol. The first-order valence-corrected chi connectivity index (χ1v) is 6.08. The lowest BCUT2D eigenvalue weighted by Gasteiger charge is -2.32. The van der Waals surface area contributed by atoms with Crippen LogP contribution >= 0.6 is 0 Å². The van der Waals surface area contributed by atoms with Gasteiger partial charge in [0.1, 0.15) is 12.7 Å². The molecule has 1 aromatic carbocycles. The molecule has 0 bridgehead atoms. The summed E-state index contributed by atoms with van der Waals surface area (Å²) in [6.07, 6.45) is 0.626. The van der Waals surface area contributed by atoms with Crippen molar-refractivity contribution < 1.29 is 14.6 Å². The number of nitrogens with one attached hydrogen (secondary N) is 1. The fourth-order valence-electron chi connectivity index (χ4n) is 2.05. The van der Waals surface area contributed by atoms with Crippen molar-refractivity contribution >= 4 is 0 Å². The van der Waals surface area contributed by atoms with Gasteiger partial charge in [-0.25, -0.2) is 0 Å². The number of ether oxygens (including phenoxy) is 2. The fourth-order valence-corrected chi connectivity index (χ4v) is 2.05. The van der Waals surface area contributed by atoms with Crippen LogP contribution in [0.25, 0.3) is 0 Å². The Bertz CT molecular complexity index is 350. The van der Waals surface area contributed by atoms with E-state index in [1.54, 1.807) is 0 Å². The molecular weight excluding hydrogens is 218 g/mol. The highest BCUT2D eigenvalue weighted by atomic mass is 16.6. The van der Waals surface area contributed by atoms with E-state index < -0.39 is 0 Å². The summed E-state index contributed by atoms with van der Waals surface area (Å²) in [5.74, 6) is 1.58. The Labute approximate surface area is 102 Å². The van der Waals surface area contributed by atoms with E-state index in [0.717, 1.165) is 18.0 Å². The number of benzene rings is 1. The summed E-state index contributed by atoms with van der Waals surface area (Å²) in [7, 11) is 0. The van der Waals surface area contributed by atoms with Crippen molar-refractivity contribution in [2.45, 2.75) is 25.5 Å². The van der Waals surface area contributed by atoms with E-state index in [-0.39, 0.29) is 18.8 Å². The van der Waals surface area contributed by atoms with Crippen LogP contribution < -0.4 is 14.8 Å². The van der Waals surface area contributed by atoms with E-state index in [4.69, 9.17) is 14.6 Å². The molecule has 0 saturated heterocycles. The number of rotatable bonds is 5. The van der Waals surface area contributed by atoms with Crippen LogP contribution in [0.2, 0.25) is 0 Å². The molecule has 0 aliphatic carbocycles. The molecular formula is C13H19NO3. The Kier molecular flexibility index (Phi) is 4.23. The number of likely N-dealkylation sites (N-methyl/N-ethyl adjacent to an activating group) is 1. The van der Waals surface area contributed by atoms with Crippen LogP contribution in [0.1, 0.15) is 13.3 Å². The number of hydrogen-bond donors (Lipinski definition) is 2. The molecule has 0 fully saturated rings. The number of aliphatic hydroxyl groups excluding tert-OH is 1. The summed E-state index contributed by atoms with van der Waals surface area (Å²) in [5, 5.41) is 12.4. The zero-order valence-electron chi connectivity index (χ0n) is 10.1. The normalized spacial score (nSPS) is 20.0. The van der Waals surface area contributed by atoms with Gasteiger partial charge in [0.05, 0.1) is 0 Å². The summed E-state index contributed by atoms with van der Waals surface area (Å²) < 4.78 is 11.6. The van der Waals surface area contributed by atoms with Crippen LogP contribution in [0.5, 0.6) is 11.5 Å². The highest BCUT2D eigenvalue weighted by molar-refractivity contribution is 5.40. The molecule has 0 radical (unpaired) electrons. The van der Waals surface area contributed by atoms with Gasteiger partial charge in [-0.15, -0.1) is 0 Å². The van der Waals surface area contributed by atoms with Crippen molar-refractivity contribution in [3.05, 3.63) is 24.3 Å². The summed E-state index contributed by atoms with van der Waals surface area (Å²) in [4.78, 5) is 0. The first-order chi connectivity index (χ1) is 8.35. The Morgan fingerprint density at radius 3 is 2.88 bits per heavy atom. The Balaban J connectivity index is 2.04. The highest BCUT2D eigenvalue weighted by Crippen LogP contribution is 2.31. The first kappa shape index (κ1) is 12.2. The average Bonchev–Trinajstić information content (AvgIpc) is 2.38. The van der Waals surface area contributed by atoms with Gasteiger partial charge in [0.15, 0.2) is 11.5 Å². The molecule has 0 saturated carbocycles. The first-order valence-electron chi connectivity index (χ1n) is 6.08. The lowest BCUT2D eigenvalue weighted by Crippen LogP contribution is -2.48. The molecule has 2 rings (SSSR count). The van der Waals surface area contributed by atoms with Gasteiger partial charge in [-0.05, 0) is 25.1 Å². The largest absolute Gasteiger partial charge is 0.486 e. The Hall–Kier alpha value is -1.26. The van der Waals surface area contributed by atoms with Crippen molar-refractivity contribution in [2.75, 3.05) is 19.8 Å². The van der Waals surface area contributed by atoms with E-state index in [0.29, 0.717) is 13.0 Å². The van der Waals surface area contributed by atoms with Gasteiger partial charge in [-0.2, -0.15) is 0 Å². The second kappa shape index (κ2) is 5.89. The third-order valence-corrected chi connectivity index (χ3v) is 2.89. The van der Waals surface area contributed by atoms with Gasteiger partial charge in [0.25, 0.3) is 0 Å². The van der Waals surface area contributed by atoms with Crippen molar-refractivity contribution in [1.29, 1.82) is 0 Å². The van der Waals surface area contributed by atoms with Crippen molar-refractivity contribution in [3.8, 4) is 11.5 Å². The molecule has 4 nitrogen and oxygen atoms in total. The SMILES string of the molecule is CCN[C@H](CCO)[C@@H]1COc2ccccc2O1. The Morgan fingerprint density at radius 2 is 2.18 bits per heavy atom. The molecule has 0 unspecified atom stereocenters. The number of para-hydroxylation sites is 2. The molecule has 2 atom stereocenters. The van der Waals surface area contributed by atoms with Gasteiger partial charge < -0.3 is 19.9 Å². The molecule has 0 amide bonds. The molecule has 17 heavy (non-hydrogen) atoms. The van der Waals surface area contributed by atoms with Gasteiger partial charge in [-0.3, -0.25) is 0 Å². The highest BCUT2D eigenvalue weighted by Gasteiger charge is 2.27. The zero-order valence-corrected chi connectivity index (χ0v) is 10.1. The number of aliphatic hydroxyl groups is 1. The molecule has 4 heteroatoms. The standard InChI is InChI=1S/C13H19NO3/c1-2-14-10(7-8-15)13-9-16-11-5-3-4-6-12(11)17-13/h3-6,10,13-15H,2,7-9H2,1H3/t10-,13+/m1/s1. The number of fused-ring (bicyclic) bond motifs is 1. The second-order valence-electron chi connectivity index (χ2n) is 4.09. The van der Waals surface area contributed by atoms with Crippen LogP contribution in [0.15, 0.2) is 24.3 Å². The third kappa shape index (κ3) is 2.90. The summed E-state index contributed by atoms with van der Waals surface area (Å²) in [6.45, 7) is 3.57. The van der Waals surface area contributed by atoms with E-state index in [1.807, 2.05) is 31.2 Å². The maximum atomic E-state index is 9.05. The minimum absolute atomic E-state index is 0.0444. The molecule has 2 N–H and O–H groups in total. The molecule has 0 aromatic heterocycles. The van der Waals surface area contributed by atoms with Crippen molar-refractivity contribution in [1.82, 2.24) is 5.32 Å². The fraction of sp³-hybridized carbons (Fsp3) is 0.538. The lowest BCUT2D eigenvalue weighted by atomic mass is 10.1. The third-order valence-electron chi connectivity index (χ3n) is 2.89. The molecule has 1 aliphatic rings. The van der Waals surface area contributed by atoms with Gasteiger partial charge in [0.2, 0.25) is 0 Å². The quantitative estimate of drug-likeness (QED) is 0.807. The monoisotopic (exact) mass is 237 g/mol. The minimum atomic E-state index is -0.0444. The lowest BCUT2D eigenvalue weighted by molar-refractivity contribution is 0.0545. The minimum Gasteiger partial charge on any atom is -0.486 e. The van der Waals surface area contributed by atoms with Crippen molar-refractivity contribution in [3.63, 3.8) is 0 Å². The van der Waals surface area contributed by atoms with Gasteiger partial charge in [0, 0.05) is 12.6 Å². The van der Waals surface area contributed by atoms with E-state index in [2.05, 4.69) is 5.32 Å². The van der Waals surface area contributed by atoms with Crippen LogP contribution in [0, 0.1) is 0 Å². The van der Waals surface area contributed by atoms with E-state index >= 15 is 0 Å². The van der Waals surface area contributed by atoms with Crippen LogP contribution in [-0.4, -0.2) is 37.0 Å². The van der Waals surface area contributed by atoms with Gasteiger partial charge >= 0.3 is 0 Å².